The Morgan fingerprint density at radius 1 is 0.854 bits per heavy atom. The Hall–Kier alpha value is -2.80. The lowest BCUT2D eigenvalue weighted by Gasteiger charge is -2.30. The van der Waals surface area contributed by atoms with Crippen molar-refractivity contribution in [1.82, 2.24) is 5.48 Å². The van der Waals surface area contributed by atoms with Crippen LogP contribution in [0.25, 0.3) is 0 Å². The predicted molar refractivity (Wildman–Crippen MR) is 121 cm³/mol. The van der Waals surface area contributed by atoms with Crippen molar-refractivity contribution in [2.75, 3.05) is 19.8 Å². The number of nitrogens with one attached hydrogen (secondary N) is 1. The number of hydrogen-bond acceptors (Lipinski definition) is 9. The summed E-state index contributed by atoms with van der Waals surface area (Å²) in [5.41, 5.74) is -0.626. The second-order valence-electron chi connectivity index (χ2n) is 8.92. The molecule has 0 aliphatic carbocycles. The minimum absolute atomic E-state index is 0.0616. The van der Waals surface area contributed by atoms with Crippen LogP contribution in [0.1, 0.15) is 50.4 Å². The van der Waals surface area contributed by atoms with Crippen LogP contribution in [0.2, 0.25) is 0 Å². The van der Waals surface area contributed by atoms with Gasteiger partial charge in [-0.2, -0.15) is 53.4 Å². The summed E-state index contributed by atoms with van der Waals surface area (Å²) in [6.07, 6.45) is -10.6. The molecule has 0 amide bonds. The van der Waals surface area contributed by atoms with E-state index in [9.17, 15) is 57.5 Å². The summed E-state index contributed by atoms with van der Waals surface area (Å²) in [7, 11) is -6.93. The van der Waals surface area contributed by atoms with Crippen LogP contribution in [0.15, 0.2) is 24.3 Å². The van der Waals surface area contributed by atoms with Crippen LogP contribution in [0.4, 0.5) is 39.5 Å². The van der Waals surface area contributed by atoms with Gasteiger partial charge in [0.05, 0.1) is 24.2 Å². The summed E-state index contributed by atoms with van der Waals surface area (Å²) in [5.74, 6) is -9.43. The molecule has 0 heterocycles. The fourth-order valence-corrected chi connectivity index (χ4v) is 3.28. The van der Waals surface area contributed by atoms with E-state index in [4.69, 9.17) is 9.47 Å². The molecule has 0 saturated carbocycles. The molecule has 0 atom stereocenters. The number of ether oxygens (including phenoxy) is 2. The van der Waals surface area contributed by atoms with Gasteiger partial charge in [0.15, 0.2) is 0 Å². The molecule has 0 saturated heterocycles. The summed E-state index contributed by atoms with van der Waals surface area (Å²) in [5, 5.41) is -6.72. The quantitative estimate of drug-likeness (QED) is 0.0859. The number of alkyl halides is 9. The third kappa shape index (κ3) is 9.63. The van der Waals surface area contributed by atoms with Crippen molar-refractivity contribution >= 4 is 22.1 Å². The summed E-state index contributed by atoms with van der Waals surface area (Å²) in [6, 6.07) is 2.63. The van der Waals surface area contributed by atoms with Gasteiger partial charge in [0.1, 0.15) is 12.3 Å². The van der Waals surface area contributed by atoms with Gasteiger partial charge in [-0.05, 0) is 57.4 Å². The van der Waals surface area contributed by atoms with Gasteiger partial charge in [-0.15, -0.1) is 0 Å². The first-order valence-corrected chi connectivity index (χ1v) is 12.9. The smallest absolute Gasteiger partial charge is 0.452 e. The number of carbonyl (C=O) groups is 2. The molecular weight excluding hydrogens is 609 g/mol. The van der Waals surface area contributed by atoms with Crippen LogP contribution < -0.4 is 9.66 Å². The number of rotatable bonds is 16. The molecular formula is C22H26F9NO8S. The van der Waals surface area contributed by atoms with Crippen molar-refractivity contribution in [3.05, 3.63) is 29.8 Å². The lowest BCUT2D eigenvalue weighted by atomic mass is 9.91. The minimum atomic E-state index is -6.93. The highest BCUT2D eigenvalue weighted by molar-refractivity contribution is 7.88. The van der Waals surface area contributed by atoms with Gasteiger partial charge in [0, 0.05) is 0 Å². The Morgan fingerprint density at radius 2 is 1.37 bits per heavy atom. The Labute approximate surface area is 228 Å². The summed E-state index contributed by atoms with van der Waals surface area (Å²) >= 11 is 0. The number of halogens is 9. The Bertz CT molecular complexity index is 1140. The highest BCUT2D eigenvalue weighted by Gasteiger charge is 2.80. The average molecular weight is 635 g/mol. The molecule has 0 aliphatic rings. The van der Waals surface area contributed by atoms with E-state index in [0.717, 1.165) is 12.1 Å². The molecule has 0 unspecified atom stereocenters. The van der Waals surface area contributed by atoms with Crippen LogP contribution >= 0.6 is 0 Å². The van der Waals surface area contributed by atoms with Gasteiger partial charge in [-0.25, -0.2) is 9.63 Å². The molecule has 0 aliphatic heterocycles. The molecule has 41 heavy (non-hydrogen) atoms. The SMILES string of the molecule is CCC(C)(C)C(=O)OCCCCOC(=O)c1ccc(OS(=O)(=O)C(F)(F)C(F)(F)C(F)(F)ONCC(F)(F)F)cc1. The molecule has 1 aromatic rings. The summed E-state index contributed by atoms with van der Waals surface area (Å²) < 4.78 is 156. The van der Waals surface area contributed by atoms with Crippen molar-refractivity contribution in [3.63, 3.8) is 0 Å². The average Bonchev–Trinajstić information content (AvgIpc) is 2.84. The second kappa shape index (κ2) is 13.5. The van der Waals surface area contributed by atoms with Gasteiger partial charge < -0.3 is 13.7 Å². The fourth-order valence-electron chi connectivity index (χ4n) is 2.38. The number of benzene rings is 1. The standard InChI is InChI=1S/C22H26F9NO8S/c1-4-18(2,3)17(34)38-12-6-5-11-37-16(33)14-7-9-15(10-8-14)39-41(35,36)22(30,31)20(26,27)21(28,29)40-32-13-19(23,24)25/h7-10,32H,4-6,11-13H2,1-3H3. The van der Waals surface area contributed by atoms with Crippen LogP contribution in [-0.2, 0) is 29.2 Å². The highest BCUT2D eigenvalue weighted by atomic mass is 32.2. The maximum Gasteiger partial charge on any atom is 0.452 e. The van der Waals surface area contributed by atoms with E-state index in [1.165, 1.54) is 0 Å². The largest absolute Gasteiger partial charge is 0.465 e. The first-order chi connectivity index (χ1) is 18.5. The van der Waals surface area contributed by atoms with Gasteiger partial charge in [0.25, 0.3) is 0 Å². The van der Waals surface area contributed by atoms with Gasteiger partial charge in [0.2, 0.25) is 0 Å². The van der Waals surface area contributed by atoms with Crippen LogP contribution in [0.3, 0.4) is 0 Å². The van der Waals surface area contributed by atoms with Gasteiger partial charge in [-0.1, -0.05) is 6.92 Å². The third-order valence-electron chi connectivity index (χ3n) is 5.26. The monoisotopic (exact) mass is 635 g/mol. The van der Waals surface area contributed by atoms with Crippen molar-refractivity contribution in [3.8, 4) is 5.75 Å². The van der Waals surface area contributed by atoms with Crippen molar-refractivity contribution in [2.45, 2.75) is 63.5 Å². The summed E-state index contributed by atoms with van der Waals surface area (Å²) in [4.78, 5) is 26.6. The zero-order valence-electron chi connectivity index (χ0n) is 21.6. The van der Waals surface area contributed by atoms with Gasteiger partial charge >= 0.3 is 45.5 Å². The lowest BCUT2D eigenvalue weighted by molar-refractivity contribution is -0.402. The molecule has 0 fully saturated rings. The zero-order valence-corrected chi connectivity index (χ0v) is 22.4. The molecule has 0 bridgehead atoms. The first kappa shape index (κ1) is 36.2. The maximum absolute atomic E-state index is 14.0. The summed E-state index contributed by atoms with van der Waals surface area (Å²) in [6.45, 7) is 2.69. The van der Waals surface area contributed by atoms with Crippen molar-refractivity contribution in [2.24, 2.45) is 5.41 Å². The highest BCUT2D eigenvalue weighted by Crippen LogP contribution is 2.49. The van der Waals surface area contributed by atoms with Crippen LogP contribution in [0.5, 0.6) is 5.75 Å². The van der Waals surface area contributed by atoms with Crippen LogP contribution in [-0.4, -0.2) is 63.6 Å². The molecule has 0 radical (unpaired) electrons. The van der Waals surface area contributed by atoms with E-state index in [0.29, 0.717) is 30.5 Å². The molecule has 19 heteroatoms. The fraction of sp³-hybridized carbons (Fsp3) is 0.636. The minimum Gasteiger partial charge on any atom is -0.465 e. The van der Waals surface area contributed by atoms with E-state index >= 15 is 0 Å². The van der Waals surface area contributed by atoms with E-state index in [1.807, 2.05) is 6.92 Å². The molecule has 1 aromatic carbocycles. The second-order valence-corrected chi connectivity index (χ2v) is 10.5. The molecule has 1 N–H and O–H groups in total. The normalized spacial score (nSPS) is 13.6. The molecule has 1 rings (SSSR count). The van der Waals surface area contributed by atoms with E-state index < -0.39 is 63.2 Å². The number of hydrogen-bond donors (Lipinski definition) is 1. The van der Waals surface area contributed by atoms with Crippen molar-refractivity contribution in [1.29, 1.82) is 0 Å². The zero-order chi connectivity index (χ0) is 31.9. The van der Waals surface area contributed by atoms with Crippen LogP contribution in [0, 0.1) is 5.41 Å². The Balaban J connectivity index is 2.74. The van der Waals surface area contributed by atoms with E-state index in [2.05, 4.69) is 9.02 Å². The number of carbonyl (C=O) groups excluding carboxylic acids is 2. The Morgan fingerprint density at radius 3 is 1.85 bits per heavy atom. The van der Waals surface area contributed by atoms with E-state index in [-0.39, 0.29) is 25.2 Å². The molecule has 236 valence electrons. The van der Waals surface area contributed by atoms with Gasteiger partial charge in [-0.3, -0.25) is 4.79 Å². The van der Waals surface area contributed by atoms with Crippen molar-refractivity contribution < 1.29 is 76.0 Å². The lowest BCUT2D eigenvalue weighted by Crippen LogP contribution is -2.61. The number of unbranched alkanes of at least 4 members (excludes halogenated alkanes) is 1. The third-order valence-corrected chi connectivity index (χ3v) is 6.55. The molecule has 0 aromatic heterocycles. The maximum atomic E-state index is 14.0. The molecule has 9 nitrogen and oxygen atoms in total. The number of esters is 2. The predicted octanol–water partition coefficient (Wildman–Crippen LogP) is 5.22. The topological polar surface area (TPSA) is 117 Å². The first-order valence-electron chi connectivity index (χ1n) is 11.5. The Kier molecular flexibility index (Phi) is 11.9. The number of hydroxylamine groups is 1. The molecule has 0 spiro atoms. The van der Waals surface area contributed by atoms with E-state index in [1.54, 1.807) is 13.8 Å².